The van der Waals surface area contributed by atoms with Gasteiger partial charge in [0, 0.05) is 17.0 Å². The van der Waals surface area contributed by atoms with E-state index in [1.165, 1.54) is 8.87 Å². The molecule has 194 valence electrons. The maximum absolute atomic E-state index is 14.3. The SMILES string of the molecule is CCCCN(C(C)c1nc2ccccc2c(=O)n1-c1ccc(Cl)cc1)S(=O)(=O)c1cccc2ccccc12. The number of hydrogen-bond donors (Lipinski definition) is 0. The number of para-hydroxylation sites is 1. The predicted octanol–water partition coefficient (Wildman–Crippen LogP) is 6.74. The molecule has 0 saturated heterocycles. The molecule has 4 aromatic carbocycles. The molecule has 6 nitrogen and oxygen atoms in total. The quantitative estimate of drug-likeness (QED) is 0.216. The first-order valence-electron chi connectivity index (χ1n) is 12.6. The van der Waals surface area contributed by atoms with Gasteiger partial charge < -0.3 is 0 Å². The third kappa shape index (κ3) is 4.73. The zero-order chi connectivity index (χ0) is 26.9. The van der Waals surface area contributed by atoms with Crippen LogP contribution >= 0.6 is 11.6 Å². The zero-order valence-electron chi connectivity index (χ0n) is 21.2. The molecular formula is C30H28ClN3O3S. The van der Waals surface area contributed by atoms with E-state index in [9.17, 15) is 13.2 Å². The van der Waals surface area contributed by atoms with Crippen LogP contribution in [0.3, 0.4) is 0 Å². The molecule has 0 aliphatic rings. The van der Waals surface area contributed by atoms with Crippen molar-refractivity contribution in [1.29, 1.82) is 0 Å². The zero-order valence-corrected chi connectivity index (χ0v) is 22.8. The van der Waals surface area contributed by atoms with Gasteiger partial charge in [0.15, 0.2) is 0 Å². The van der Waals surface area contributed by atoms with Crippen LogP contribution in [0, 0.1) is 0 Å². The Morgan fingerprint density at radius 1 is 0.895 bits per heavy atom. The van der Waals surface area contributed by atoms with Crippen molar-refractivity contribution < 1.29 is 8.42 Å². The summed E-state index contributed by atoms with van der Waals surface area (Å²) in [5.41, 5.74) is 0.817. The van der Waals surface area contributed by atoms with Crippen LogP contribution in [0.1, 0.15) is 38.6 Å². The highest BCUT2D eigenvalue weighted by Crippen LogP contribution is 2.32. The lowest BCUT2D eigenvalue weighted by Gasteiger charge is -2.30. The van der Waals surface area contributed by atoms with E-state index >= 15 is 0 Å². The van der Waals surface area contributed by atoms with Crippen molar-refractivity contribution in [2.45, 2.75) is 37.6 Å². The van der Waals surface area contributed by atoms with E-state index in [1.807, 2.05) is 43.3 Å². The molecule has 0 fully saturated rings. The third-order valence-corrected chi connectivity index (χ3v) is 9.04. The normalized spacial score (nSPS) is 12.8. The molecule has 0 radical (unpaired) electrons. The molecule has 0 aliphatic carbocycles. The van der Waals surface area contributed by atoms with Crippen LogP contribution in [-0.2, 0) is 10.0 Å². The monoisotopic (exact) mass is 545 g/mol. The van der Waals surface area contributed by atoms with Crippen LogP contribution in [0.25, 0.3) is 27.4 Å². The van der Waals surface area contributed by atoms with Gasteiger partial charge in [0.2, 0.25) is 10.0 Å². The average Bonchev–Trinajstić information content (AvgIpc) is 2.93. The standard InChI is InChI=1S/C30H28ClN3O3S/c1-3-4-20-33(38(36,37)28-15-9-11-22-10-5-6-12-25(22)28)21(2)29-32-27-14-8-7-13-26(27)30(35)34(29)24-18-16-23(31)17-19-24/h5-19,21H,3-4,20H2,1-2H3. The van der Waals surface area contributed by atoms with Gasteiger partial charge in [-0.05, 0) is 61.2 Å². The van der Waals surface area contributed by atoms with E-state index in [0.717, 1.165) is 11.8 Å². The van der Waals surface area contributed by atoms with E-state index in [4.69, 9.17) is 16.6 Å². The largest absolute Gasteiger partial charge is 0.268 e. The first-order chi connectivity index (χ1) is 18.3. The van der Waals surface area contributed by atoms with Crippen LogP contribution < -0.4 is 5.56 Å². The number of fused-ring (bicyclic) bond motifs is 2. The second-order valence-corrected chi connectivity index (χ2v) is 11.5. The highest BCUT2D eigenvalue weighted by Gasteiger charge is 2.33. The Bertz CT molecular complexity index is 1780. The molecule has 8 heteroatoms. The Morgan fingerprint density at radius 3 is 2.29 bits per heavy atom. The molecule has 0 amide bonds. The van der Waals surface area contributed by atoms with Crippen molar-refractivity contribution >= 4 is 43.3 Å². The number of unbranched alkanes of at least 4 members (excludes halogenated alkanes) is 1. The number of sulfonamides is 1. The summed E-state index contributed by atoms with van der Waals surface area (Å²) in [4.78, 5) is 18.9. The van der Waals surface area contributed by atoms with Crippen molar-refractivity contribution in [3.05, 3.63) is 112 Å². The lowest BCUT2D eigenvalue weighted by molar-refractivity contribution is 0.322. The Morgan fingerprint density at radius 2 is 1.55 bits per heavy atom. The minimum atomic E-state index is -3.96. The number of benzene rings is 4. The Labute approximate surface area is 227 Å². The summed E-state index contributed by atoms with van der Waals surface area (Å²) in [5.74, 6) is 0.343. The summed E-state index contributed by atoms with van der Waals surface area (Å²) in [5, 5.41) is 2.49. The first kappa shape index (κ1) is 26.1. The van der Waals surface area contributed by atoms with Gasteiger partial charge in [0.1, 0.15) is 5.82 Å². The first-order valence-corrected chi connectivity index (χ1v) is 14.4. The highest BCUT2D eigenvalue weighted by molar-refractivity contribution is 7.89. The lowest BCUT2D eigenvalue weighted by Crippen LogP contribution is -2.38. The molecule has 0 bridgehead atoms. The minimum absolute atomic E-state index is 0.236. The van der Waals surface area contributed by atoms with E-state index < -0.39 is 16.1 Å². The van der Waals surface area contributed by atoms with Crippen LogP contribution in [0.2, 0.25) is 5.02 Å². The van der Waals surface area contributed by atoms with Gasteiger partial charge in [-0.2, -0.15) is 4.31 Å². The van der Waals surface area contributed by atoms with Gasteiger partial charge in [0.05, 0.1) is 27.5 Å². The molecule has 5 aromatic rings. The van der Waals surface area contributed by atoms with E-state index in [2.05, 4.69) is 0 Å². The fourth-order valence-corrected chi connectivity index (χ4v) is 6.75. The summed E-state index contributed by atoms with van der Waals surface area (Å²) in [6.07, 6.45) is 1.47. The van der Waals surface area contributed by atoms with Crippen LogP contribution in [0.4, 0.5) is 0 Å². The summed E-state index contributed by atoms with van der Waals surface area (Å²) < 4.78 is 31.6. The molecule has 1 atom stereocenters. The summed E-state index contributed by atoms with van der Waals surface area (Å²) >= 11 is 6.13. The highest BCUT2D eigenvalue weighted by atomic mass is 35.5. The van der Waals surface area contributed by atoms with Crippen molar-refractivity contribution in [2.75, 3.05) is 6.54 Å². The summed E-state index contributed by atoms with van der Waals surface area (Å²) in [6.45, 7) is 4.10. The fraction of sp³-hybridized carbons (Fsp3) is 0.200. The Hall–Kier alpha value is -3.52. The van der Waals surface area contributed by atoms with Gasteiger partial charge in [-0.15, -0.1) is 0 Å². The van der Waals surface area contributed by atoms with Crippen LogP contribution in [-0.4, -0.2) is 28.8 Å². The number of hydrogen-bond acceptors (Lipinski definition) is 4. The Balaban J connectivity index is 1.74. The van der Waals surface area contributed by atoms with Gasteiger partial charge in [-0.3, -0.25) is 9.36 Å². The molecule has 1 aromatic heterocycles. The molecule has 1 heterocycles. The van der Waals surface area contributed by atoms with Crippen molar-refractivity contribution in [3.63, 3.8) is 0 Å². The number of rotatable bonds is 8. The molecular weight excluding hydrogens is 518 g/mol. The average molecular weight is 546 g/mol. The fourth-order valence-electron chi connectivity index (χ4n) is 4.78. The number of aromatic nitrogens is 2. The molecule has 5 rings (SSSR count). The summed E-state index contributed by atoms with van der Waals surface area (Å²) in [6, 6.07) is 26.0. The van der Waals surface area contributed by atoms with E-state index in [1.54, 1.807) is 61.5 Å². The second kappa shape index (κ2) is 10.7. The van der Waals surface area contributed by atoms with E-state index in [-0.39, 0.29) is 17.0 Å². The van der Waals surface area contributed by atoms with Crippen molar-refractivity contribution in [1.82, 2.24) is 13.9 Å². The maximum Gasteiger partial charge on any atom is 0.266 e. The van der Waals surface area contributed by atoms with Gasteiger partial charge >= 0.3 is 0 Å². The number of halogens is 1. The smallest absolute Gasteiger partial charge is 0.266 e. The second-order valence-electron chi connectivity index (χ2n) is 9.23. The molecule has 0 spiro atoms. The summed E-state index contributed by atoms with van der Waals surface area (Å²) in [7, 11) is -3.96. The topological polar surface area (TPSA) is 72.3 Å². The number of nitrogens with zero attached hydrogens (tertiary/aromatic N) is 3. The van der Waals surface area contributed by atoms with Crippen LogP contribution in [0.5, 0.6) is 0 Å². The van der Waals surface area contributed by atoms with Crippen molar-refractivity contribution in [3.8, 4) is 5.69 Å². The lowest BCUT2D eigenvalue weighted by atomic mass is 10.1. The molecule has 0 aliphatic heterocycles. The molecule has 38 heavy (non-hydrogen) atoms. The van der Waals surface area contributed by atoms with Gasteiger partial charge in [-0.25, -0.2) is 13.4 Å². The predicted molar refractivity (Wildman–Crippen MR) is 154 cm³/mol. The van der Waals surface area contributed by atoms with Gasteiger partial charge in [0.25, 0.3) is 5.56 Å². The van der Waals surface area contributed by atoms with Gasteiger partial charge in [-0.1, -0.05) is 73.5 Å². The van der Waals surface area contributed by atoms with Crippen molar-refractivity contribution in [2.24, 2.45) is 0 Å². The molecule has 0 saturated carbocycles. The van der Waals surface area contributed by atoms with E-state index in [0.29, 0.717) is 39.2 Å². The van der Waals surface area contributed by atoms with Crippen LogP contribution in [0.15, 0.2) is 101 Å². The minimum Gasteiger partial charge on any atom is -0.268 e. The Kier molecular flexibility index (Phi) is 7.34. The molecule has 0 N–H and O–H groups in total. The molecule has 1 unspecified atom stereocenters. The third-order valence-electron chi connectivity index (χ3n) is 6.76. The maximum atomic E-state index is 14.3.